The number of nitrogens with one attached hydrogen (secondary N) is 1. The minimum Gasteiger partial charge on any atom is -0.469 e. The SMILES string of the molecule is COC(=O)C12CC3CC(C1)CC(c1ccc(NS(=O)(=O)c4ccc(C)cc4)cc1)(C3)C2. The van der Waals surface area contributed by atoms with Crippen molar-refractivity contribution < 1.29 is 17.9 Å². The number of sulfonamides is 1. The normalized spacial score (nSPS) is 31.4. The first-order valence-electron chi connectivity index (χ1n) is 11.0. The highest BCUT2D eigenvalue weighted by molar-refractivity contribution is 7.92. The summed E-state index contributed by atoms with van der Waals surface area (Å²) in [5, 5.41) is 0. The first-order valence-corrected chi connectivity index (χ1v) is 12.5. The van der Waals surface area contributed by atoms with Crippen LogP contribution in [-0.4, -0.2) is 21.5 Å². The van der Waals surface area contributed by atoms with Crippen molar-refractivity contribution in [3.8, 4) is 0 Å². The number of anilines is 1. The van der Waals surface area contributed by atoms with Gasteiger partial charge < -0.3 is 4.74 Å². The number of rotatable bonds is 5. The molecule has 6 heteroatoms. The van der Waals surface area contributed by atoms with E-state index in [1.807, 2.05) is 31.2 Å². The molecule has 2 unspecified atom stereocenters. The molecule has 0 amide bonds. The summed E-state index contributed by atoms with van der Waals surface area (Å²) in [5.74, 6) is 1.09. The Morgan fingerprint density at radius 2 is 1.58 bits per heavy atom. The van der Waals surface area contributed by atoms with Crippen LogP contribution in [-0.2, 0) is 25.0 Å². The van der Waals surface area contributed by atoms with Gasteiger partial charge in [0.05, 0.1) is 17.4 Å². The van der Waals surface area contributed by atoms with Crippen molar-refractivity contribution in [1.82, 2.24) is 0 Å². The highest BCUT2D eigenvalue weighted by Crippen LogP contribution is 2.66. The van der Waals surface area contributed by atoms with Crippen LogP contribution >= 0.6 is 0 Å². The zero-order chi connectivity index (χ0) is 21.9. The molecule has 4 saturated carbocycles. The standard InChI is InChI=1S/C25H29NO4S/c1-17-3-9-22(10-4-17)31(28,29)26-21-7-5-20(6-8-21)24-12-18-11-19(13-24)15-25(14-18,16-24)23(27)30-2/h3-10,18-19,26H,11-16H2,1-2H3. The van der Waals surface area contributed by atoms with Crippen molar-refractivity contribution in [3.05, 3.63) is 59.7 Å². The van der Waals surface area contributed by atoms with E-state index < -0.39 is 10.0 Å². The first-order chi connectivity index (χ1) is 14.7. The van der Waals surface area contributed by atoms with Crippen molar-refractivity contribution >= 4 is 21.7 Å². The van der Waals surface area contributed by atoms with Crippen LogP contribution in [0.2, 0.25) is 0 Å². The lowest BCUT2D eigenvalue weighted by atomic mass is 9.43. The number of benzene rings is 2. The van der Waals surface area contributed by atoms with Gasteiger partial charge in [-0.15, -0.1) is 0 Å². The molecule has 5 nitrogen and oxygen atoms in total. The van der Waals surface area contributed by atoms with E-state index in [-0.39, 0.29) is 21.7 Å². The topological polar surface area (TPSA) is 72.5 Å². The lowest BCUT2D eigenvalue weighted by Crippen LogP contribution is -2.57. The molecule has 164 valence electrons. The van der Waals surface area contributed by atoms with Crippen molar-refractivity contribution in [2.24, 2.45) is 17.3 Å². The molecule has 2 atom stereocenters. The van der Waals surface area contributed by atoms with Gasteiger partial charge in [0.1, 0.15) is 0 Å². The molecule has 4 fully saturated rings. The van der Waals surface area contributed by atoms with Gasteiger partial charge in [-0.1, -0.05) is 29.8 Å². The highest BCUT2D eigenvalue weighted by Gasteiger charge is 2.61. The summed E-state index contributed by atoms with van der Waals surface area (Å²) in [5.41, 5.74) is 2.44. The molecule has 6 rings (SSSR count). The molecule has 4 aliphatic rings. The van der Waals surface area contributed by atoms with Gasteiger partial charge in [-0.2, -0.15) is 0 Å². The Morgan fingerprint density at radius 3 is 2.16 bits per heavy atom. The fourth-order valence-electron chi connectivity index (χ4n) is 6.88. The molecule has 1 N–H and O–H groups in total. The van der Waals surface area contributed by atoms with Crippen molar-refractivity contribution in [2.75, 3.05) is 11.8 Å². The molecule has 4 bridgehead atoms. The molecule has 0 aliphatic heterocycles. The Bertz CT molecular complexity index is 1090. The Hall–Kier alpha value is -2.34. The predicted octanol–water partition coefficient (Wildman–Crippen LogP) is 4.81. The van der Waals surface area contributed by atoms with Crippen molar-refractivity contribution in [1.29, 1.82) is 0 Å². The second-order valence-electron chi connectivity index (χ2n) is 10.0. The highest BCUT2D eigenvalue weighted by atomic mass is 32.2. The molecule has 0 heterocycles. The molecule has 31 heavy (non-hydrogen) atoms. The number of hydrogen-bond acceptors (Lipinski definition) is 4. The van der Waals surface area contributed by atoms with Crippen molar-refractivity contribution in [3.63, 3.8) is 0 Å². The largest absolute Gasteiger partial charge is 0.469 e. The van der Waals surface area contributed by atoms with Gasteiger partial charge in [-0.25, -0.2) is 8.42 Å². The minimum atomic E-state index is -3.62. The van der Waals surface area contributed by atoms with Crippen LogP contribution in [0.4, 0.5) is 5.69 Å². The van der Waals surface area contributed by atoms with Crippen LogP contribution < -0.4 is 4.72 Å². The second-order valence-corrected chi connectivity index (χ2v) is 11.7. The van der Waals surface area contributed by atoms with E-state index in [4.69, 9.17) is 4.74 Å². The van der Waals surface area contributed by atoms with Crippen LogP contribution in [0, 0.1) is 24.2 Å². The smallest absolute Gasteiger partial charge is 0.311 e. The number of carbonyl (C=O) groups excluding carboxylic acids is 1. The number of esters is 1. The molecule has 0 aromatic heterocycles. The lowest BCUT2D eigenvalue weighted by Gasteiger charge is -2.61. The zero-order valence-electron chi connectivity index (χ0n) is 18.1. The van der Waals surface area contributed by atoms with E-state index in [1.165, 1.54) is 19.1 Å². The van der Waals surface area contributed by atoms with Gasteiger partial charge >= 0.3 is 5.97 Å². The van der Waals surface area contributed by atoms with Crippen LogP contribution in [0.1, 0.15) is 49.7 Å². The molecular weight excluding hydrogens is 410 g/mol. The number of carbonyl (C=O) groups is 1. The van der Waals surface area contributed by atoms with E-state index in [0.29, 0.717) is 17.5 Å². The summed E-state index contributed by atoms with van der Waals surface area (Å²) in [6.45, 7) is 1.93. The maximum Gasteiger partial charge on any atom is 0.311 e. The van der Waals surface area contributed by atoms with Gasteiger partial charge in [0.15, 0.2) is 0 Å². The van der Waals surface area contributed by atoms with Gasteiger partial charge in [-0.3, -0.25) is 9.52 Å². The number of methoxy groups -OCH3 is 1. The number of aryl methyl sites for hydroxylation is 1. The third-order valence-corrected chi connectivity index (χ3v) is 9.16. The summed E-state index contributed by atoms with van der Waals surface area (Å²) in [6, 6.07) is 14.6. The van der Waals surface area contributed by atoms with E-state index in [2.05, 4.69) is 4.72 Å². The zero-order valence-corrected chi connectivity index (χ0v) is 18.9. The Morgan fingerprint density at radius 1 is 0.968 bits per heavy atom. The molecule has 0 spiro atoms. The summed E-state index contributed by atoms with van der Waals surface area (Å²) in [4.78, 5) is 13.0. The molecule has 0 radical (unpaired) electrons. The second kappa shape index (κ2) is 7.09. The van der Waals surface area contributed by atoms with Gasteiger partial charge in [-0.05, 0) is 92.5 Å². The fourth-order valence-corrected chi connectivity index (χ4v) is 7.94. The third kappa shape index (κ3) is 3.45. The minimum absolute atomic E-state index is 0.00731. The van der Waals surface area contributed by atoms with E-state index in [0.717, 1.165) is 37.7 Å². The number of hydrogen-bond donors (Lipinski definition) is 1. The molecule has 2 aromatic rings. The van der Waals surface area contributed by atoms with Gasteiger partial charge in [0, 0.05) is 5.69 Å². The van der Waals surface area contributed by atoms with Crippen molar-refractivity contribution in [2.45, 2.75) is 55.8 Å². The average molecular weight is 440 g/mol. The Balaban J connectivity index is 1.40. The summed E-state index contributed by atoms with van der Waals surface area (Å²) < 4.78 is 33.3. The third-order valence-electron chi connectivity index (χ3n) is 7.76. The Kier molecular flexibility index (Phi) is 4.70. The average Bonchev–Trinajstić information content (AvgIpc) is 2.72. The summed E-state index contributed by atoms with van der Waals surface area (Å²) in [6.07, 6.45) is 6.18. The molecular formula is C25H29NO4S. The van der Waals surface area contributed by atoms with Crippen LogP contribution in [0.3, 0.4) is 0 Å². The summed E-state index contributed by atoms with van der Waals surface area (Å²) >= 11 is 0. The predicted molar refractivity (Wildman–Crippen MR) is 119 cm³/mol. The van der Waals surface area contributed by atoms with E-state index in [1.54, 1.807) is 24.3 Å². The van der Waals surface area contributed by atoms with Gasteiger partial charge in [0.2, 0.25) is 0 Å². The molecule has 0 saturated heterocycles. The lowest BCUT2D eigenvalue weighted by molar-refractivity contribution is -0.171. The maximum atomic E-state index is 12.7. The Labute approximate surface area is 184 Å². The first kappa shape index (κ1) is 20.6. The van der Waals surface area contributed by atoms with E-state index in [9.17, 15) is 13.2 Å². The molecule has 2 aromatic carbocycles. The van der Waals surface area contributed by atoms with Gasteiger partial charge in [0.25, 0.3) is 10.0 Å². The number of ether oxygens (including phenoxy) is 1. The quantitative estimate of drug-likeness (QED) is 0.679. The van der Waals surface area contributed by atoms with Crippen LogP contribution in [0.15, 0.2) is 53.4 Å². The molecule has 4 aliphatic carbocycles. The maximum absolute atomic E-state index is 12.7. The van der Waals surface area contributed by atoms with E-state index >= 15 is 0 Å². The van der Waals surface area contributed by atoms with Crippen LogP contribution in [0.25, 0.3) is 0 Å². The summed E-state index contributed by atoms with van der Waals surface area (Å²) in [7, 11) is -2.12. The van der Waals surface area contributed by atoms with Crippen LogP contribution in [0.5, 0.6) is 0 Å². The monoisotopic (exact) mass is 439 g/mol. The fraction of sp³-hybridized carbons (Fsp3) is 0.480.